The Bertz CT molecular complexity index is 483. The summed E-state index contributed by atoms with van der Waals surface area (Å²) >= 11 is 8.52. The Balaban J connectivity index is 2.57. The molecular formula is C14H20BrN3O2S. The first-order chi connectivity index (χ1) is 10.2. The third-order valence-electron chi connectivity index (χ3n) is 2.39. The van der Waals surface area contributed by atoms with Gasteiger partial charge in [-0.15, -0.1) is 0 Å². The number of halogens is 1. The normalized spacial score (nSPS) is 10.6. The molecule has 0 radical (unpaired) electrons. The molecule has 0 unspecified atom stereocenters. The van der Waals surface area contributed by atoms with E-state index < -0.39 is 0 Å². The summed E-state index contributed by atoms with van der Waals surface area (Å²) in [6.07, 6.45) is 2.64. The van der Waals surface area contributed by atoms with Crippen LogP contribution >= 0.6 is 28.1 Å². The average molecular weight is 374 g/mol. The zero-order valence-electron chi connectivity index (χ0n) is 12.2. The fraction of sp³-hybridized carbons (Fsp3) is 0.429. The number of hydrazone groups is 1. The molecule has 0 aliphatic rings. The first-order valence-electron chi connectivity index (χ1n) is 6.65. The molecule has 7 heteroatoms. The molecule has 0 saturated heterocycles. The highest BCUT2D eigenvalue weighted by Gasteiger charge is 2.02. The number of thiocarbonyl (C=S) groups is 1. The molecule has 0 aliphatic carbocycles. The maximum Gasteiger partial charge on any atom is 0.187 e. The van der Waals surface area contributed by atoms with Crippen molar-refractivity contribution in [3.05, 3.63) is 28.2 Å². The van der Waals surface area contributed by atoms with Gasteiger partial charge in [0.05, 0.1) is 19.4 Å². The number of nitrogens with zero attached hydrogens (tertiary/aromatic N) is 1. The third kappa shape index (κ3) is 7.40. The molecule has 1 aromatic rings. The molecular weight excluding hydrogens is 354 g/mol. The van der Waals surface area contributed by atoms with Gasteiger partial charge in [-0.25, -0.2) is 0 Å². The Kier molecular flexibility index (Phi) is 8.96. The highest BCUT2D eigenvalue weighted by atomic mass is 79.9. The second-order valence-electron chi connectivity index (χ2n) is 4.15. The lowest BCUT2D eigenvalue weighted by Crippen LogP contribution is -2.34. The van der Waals surface area contributed by atoms with Crippen molar-refractivity contribution in [3.63, 3.8) is 0 Å². The van der Waals surface area contributed by atoms with E-state index in [9.17, 15) is 0 Å². The van der Waals surface area contributed by atoms with Gasteiger partial charge in [0.25, 0.3) is 0 Å². The minimum Gasteiger partial charge on any atom is -0.493 e. The third-order valence-corrected chi connectivity index (χ3v) is 3.12. The van der Waals surface area contributed by atoms with Gasteiger partial charge in [0.15, 0.2) is 5.11 Å². The maximum atomic E-state index is 5.67. The highest BCUT2D eigenvalue weighted by molar-refractivity contribution is 9.10. The summed E-state index contributed by atoms with van der Waals surface area (Å²) in [5.74, 6) is 0.795. The summed E-state index contributed by atoms with van der Waals surface area (Å²) in [5, 5.41) is 7.53. The Morgan fingerprint density at radius 3 is 2.95 bits per heavy atom. The van der Waals surface area contributed by atoms with Crippen LogP contribution in [0.3, 0.4) is 0 Å². The van der Waals surface area contributed by atoms with E-state index in [1.807, 2.05) is 18.2 Å². The van der Waals surface area contributed by atoms with Crippen LogP contribution in [0.2, 0.25) is 0 Å². The van der Waals surface area contributed by atoms with Crippen LogP contribution in [0.1, 0.15) is 18.9 Å². The van der Waals surface area contributed by atoms with E-state index in [0.717, 1.165) is 22.2 Å². The van der Waals surface area contributed by atoms with E-state index in [0.29, 0.717) is 24.9 Å². The fourth-order valence-corrected chi connectivity index (χ4v) is 1.96. The molecule has 0 saturated carbocycles. The molecule has 2 N–H and O–H groups in total. The molecule has 1 aromatic carbocycles. The van der Waals surface area contributed by atoms with Crippen molar-refractivity contribution < 1.29 is 9.47 Å². The van der Waals surface area contributed by atoms with Crippen LogP contribution in [0, 0.1) is 0 Å². The van der Waals surface area contributed by atoms with Gasteiger partial charge in [0.1, 0.15) is 5.75 Å². The van der Waals surface area contributed by atoms with E-state index >= 15 is 0 Å². The molecule has 0 amide bonds. The van der Waals surface area contributed by atoms with Crippen molar-refractivity contribution in [2.45, 2.75) is 13.3 Å². The van der Waals surface area contributed by atoms with Crippen LogP contribution in [0.4, 0.5) is 0 Å². The van der Waals surface area contributed by atoms with E-state index in [-0.39, 0.29) is 0 Å². The number of ether oxygens (including phenoxy) is 2. The standard InChI is InChI=1S/C14H20BrN3O2S/c1-3-7-20-13-5-4-12(15)9-11(13)10-17-18-14(21)16-6-8-19-2/h4-5,9-10H,3,6-8H2,1-2H3,(H2,16,18,21)/b17-10-. The Labute approximate surface area is 139 Å². The molecule has 116 valence electrons. The molecule has 21 heavy (non-hydrogen) atoms. The topological polar surface area (TPSA) is 54.9 Å². The number of hydrogen-bond donors (Lipinski definition) is 2. The highest BCUT2D eigenvalue weighted by Crippen LogP contribution is 2.21. The predicted molar refractivity (Wildman–Crippen MR) is 93.1 cm³/mol. The quantitative estimate of drug-likeness (QED) is 0.317. The molecule has 0 atom stereocenters. The van der Waals surface area contributed by atoms with Crippen molar-refractivity contribution in [2.24, 2.45) is 5.10 Å². The molecule has 0 aliphatic heterocycles. The molecule has 1 rings (SSSR count). The van der Waals surface area contributed by atoms with Gasteiger partial charge in [-0.05, 0) is 36.8 Å². The van der Waals surface area contributed by atoms with Crippen molar-refractivity contribution in [1.29, 1.82) is 0 Å². The Morgan fingerprint density at radius 1 is 1.43 bits per heavy atom. The second kappa shape index (κ2) is 10.5. The lowest BCUT2D eigenvalue weighted by atomic mass is 10.2. The van der Waals surface area contributed by atoms with Crippen molar-refractivity contribution >= 4 is 39.5 Å². The van der Waals surface area contributed by atoms with Gasteiger partial charge >= 0.3 is 0 Å². The summed E-state index contributed by atoms with van der Waals surface area (Å²) in [5.41, 5.74) is 3.64. The summed E-state index contributed by atoms with van der Waals surface area (Å²) < 4.78 is 11.6. The zero-order valence-corrected chi connectivity index (χ0v) is 14.6. The molecule has 0 fully saturated rings. The minimum atomic E-state index is 0.453. The fourth-order valence-electron chi connectivity index (χ4n) is 1.43. The molecule has 5 nitrogen and oxygen atoms in total. The lowest BCUT2D eigenvalue weighted by Gasteiger charge is -2.09. The zero-order chi connectivity index (χ0) is 15.5. The first-order valence-corrected chi connectivity index (χ1v) is 7.85. The maximum absolute atomic E-state index is 5.67. The van der Waals surface area contributed by atoms with Crippen molar-refractivity contribution in [1.82, 2.24) is 10.7 Å². The van der Waals surface area contributed by atoms with E-state index in [1.165, 1.54) is 0 Å². The number of hydrogen-bond acceptors (Lipinski definition) is 4. The molecule has 0 spiro atoms. The number of benzene rings is 1. The predicted octanol–water partition coefficient (Wildman–Crippen LogP) is 2.68. The van der Waals surface area contributed by atoms with Crippen LogP contribution in [0.25, 0.3) is 0 Å². The summed E-state index contributed by atoms with van der Waals surface area (Å²) in [6, 6.07) is 5.79. The first kappa shape index (κ1) is 17.9. The van der Waals surface area contributed by atoms with Crippen LogP contribution < -0.4 is 15.5 Å². The summed E-state index contributed by atoms with van der Waals surface area (Å²) in [4.78, 5) is 0. The van der Waals surface area contributed by atoms with E-state index in [2.05, 4.69) is 38.7 Å². The second-order valence-corrected chi connectivity index (χ2v) is 5.47. The van der Waals surface area contributed by atoms with Crippen molar-refractivity contribution in [2.75, 3.05) is 26.9 Å². The van der Waals surface area contributed by atoms with Crippen LogP contribution in [-0.2, 0) is 4.74 Å². The number of methoxy groups -OCH3 is 1. The largest absolute Gasteiger partial charge is 0.493 e. The number of nitrogens with one attached hydrogen (secondary N) is 2. The lowest BCUT2D eigenvalue weighted by molar-refractivity contribution is 0.204. The minimum absolute atomic E-state index is 0.453. The molecule has 0 heterocycles. The molecule has 0 aromatic heterocycles. The van der Waals surface area contributed by atoms with Gasteiger partial charge in [-0.2, -0.15) is 5.10 Å². The van der Waals surface area contributed by atoms with E-state index in [4.69, 9.17) is 21.7 Å². The number of rotatable bonds is 8. The van der Waals surface area contributed by atoms with E-state index in [1.54, 1.807) is 13.3 Å². The SMILES string of the molecule is CCCOc1ccc(Br)cc1/C=N\NC(=S)NCCOC. The van der Waals surface area contributed by atoms with Crippen LogP contribution in [0.5, 0.6) is 5.75 Å². The summed E-state index contributed by atoms with van der Waals surface area (Å²) in [7, 11) is 1.64. The summed E-state index contributed by atoms with van der Waals surface area (Å²) in [6.45, 7) is 3.97. The van der Waals surface area contributed by atoms with Crippen LogP contribution in [-0.4, -0.2) is 38.2 Å². The van der Waals surface area contributed by atoms with Gasteiger partial charge < -0.3 is 14.8 Å². The smallest absolute Gasteiger partial charge is 0.187 e. The van der Waals surface area contributed by atoms with Crippen LogP contribution in [0.15, 0.2) is 27.8 Å². The average Bonchev–Trinajstić information content (AvgIpc) is 2.47. The van der Waals surface area contributed by atoms with Crippen molar-refractivity contribution in [3.8, 4) is 5.75 Å². The van der Waals surface area contributed by atoms with Gasteiger partial charge in [-0.1, -0.05) is 22.9 Å². The monoisotopic (exact) mass is 373 g/mol. The van der Waals surface area contributed by atoms with Gasteiger partial charge in [-0.3, -0.25) is 5.43 Å². The Morgan fingerprint density at radius 2 is 2.24 bits per heavy atom. The van der Waals surface area contributed by atoms with Gasteiger partial charge in [0.2, 0.25) is 0 Å². The Hall–Kier alpha value is -1.18. The molecule has 0 bridgehead atoms. The van der Waals surface area contributed by atoms with Gasteiger partial charge in [0, 0.05) is 23.7 Å².